The minimum absolute atomic E-state index is 0.244. The van der Waals surface area contributed by atoms with Crippen molar-refractivity contribution in [3.05, 3.63) is 81.2 Å². The zero-order valence-corrected chi connectivity index (χ0v) is 29.2. The van der Waals surface area contributed by atoms with Crippen LogP contribution in [0.2, 0.25) is 0 Å². The summed E-state index contributed by atoms with van der Waals surface area (Å²) in [5.74, 6) is 2.95. The van der Waals surface area contributed by atoms with E-state index in [0.717, 1.165) is 72.4 Å². The van der Waals surface area contributed by atoms with E-state index < -0.39 is 0 Å². The molecule has 1 aromatic carbocycles. The quantitative estimate of drug-likeness (QED) is 0.0946. The number of para-hydroxylation sites is 2. The highest BCUT2D eigenvalue weighted by Crippen LogP contribution is 2.24. The van der Waals surface area contributed by atoms with Gasteiger partial charge in [0.2, 0.25) is 0 Å². The second-order valence-electron chi connectivity index (χ2n) is 10.7. The van der Waals surface area contributed by atoms with Gasteiger partial charge in [-0.2, -0.15) is 11.8 Å². The summed E-state index contributed by atoms with van der Waals surface area (Å²) in [7, 11) is 0. The van der Waals surface area contributed by atoms with Crippen molar-refractivity contribution in [1.29, 1.82) is 0 Å². The maximum atomic E-state index is 4.61. The van der Waals surface area contributed by atoms with Crippen LogP contribution in [-0.4, -0.2) is 35.8 Å². The molecule has 42 heavy (non-hydrogen) atoms. The number of aliphatic imine (C=N–C) groups is 1. The predicted octanol–water partition coefficient (Wildman–Crippen LogP) is 11.6. The molecule has 2 rings (SSSR count). The summed E-state index contributed by atoms with van der Waals surface area (Å²) in [6, 6.07) is 8.28. The second-order valence-corrected chi connectivity index (χ2v) is 12.9. The fourth-order valence-electron chi connectivity index (χ4n) is 4.18. The number of allylic oxidation sites excluding steroid dienone is 7. The third kappa shape index (κ3) is 17.4. The van der Waals surface area contributed by atoms with E-state index in [1.165, 1.54) is 28.7 Å². The van der Waals surface area contributed by atoms with E-state index >= 15 is 0 Å². The number of aromatic nitrogens is 1. The molecule has 0 aliphatic carbocycles. The van der Waals surface area contributed by atoms with Gasteiger partial charge in [0, 0.05) is 23.4 Å². The highest BCUT2D eigenvalue weighted by molar-refractivity contribution is 7.99. The topological polar surface area (TPSA) is 49.3 Å². The van der Waals surface area contributed by atoms with Gasteiger partial charge >= 0.3 is 0 Å². The number of benzene rings is 1. The summed E-state index contributed by atoms with van der Waals surface area (Å²) in [6.07, 6.45) is 16.4. The van der Waals surface area contributed by atoms with Crippen molar-refractivity contribution in [2.75, 3.05) is 28.7 Å². The van der Waals surface area contributed by atoms with Crippen molar-refractivity contribution in [1.82, 2.24) is 4.98 Å². The van der Waals surface area contributed by atoms with Crippen LogP contribution in [0.4, 0.5) is 17.2 Å². The molecule has 232 valence electrons. The maximum absolute atomic E-state index is 4.61. The fraction of sp³-hybridized carbons (Fsp3) is 0.500. The van der Waals surface area contributed by atoms with Gasteiger partial charge in [0.15, 0.2) is 0 Å². The Balaban J connectivity index is 0.00000431. The first-order valence-corrected chi connectivity index (χ1v) is 17.5. The number of hydrogen-bond donors (Lipinski definition) is 2. The molecule has 1 heterocycles. The van der Waals surface area contributed by atoms with E-state index in [1.807, 2.05) is 56.8 Å². The zero-order chi connectivity index (χ0) is 31.2. The van der Waals surface area contributed by atoms with Gasteiger partial charge in [-0.15, -0.1) is 11.3 Å². The predicted molar refractivity (Wildman–Crippen MR) is 195 cm³/mol. The lowest BCUT2D eigenvalue weighted by molar-refractivity contribution is 0.841. The minimum Gasteiger partial charge on any atom is -0.381 e. The Morgan fingerprint density at radius 2 is 1.52 bits per heavy atom. The Kier molecular flexibility index (Phi) is 20.5. The first-order valence-electron chi connectivity index (χ1n) is 15.4. The standard InChI is InChI=1S/C34H50N4S2.C2H6/c1-26(2)13-10-14-27(3)15-11-16-28(4)17-12-18-29(5)21-22-39-24-31(38-34-25-40-30(6)37-34)23-36-33-20-9-8-19-32(33)35-7;1-2/h8-9,13,15,17,19-21,25,31,36,38H,7,10-12,14,16,18,22-24H2,1-6H3;1-2H3/b27-15+,28-17+,29-21+;. The molecular weight excluding hydrogens is 553 g/mol. The summed E-state index contributed by atoms with van der Waals surface area (Å²) >= 11 is 3.63. The molecule has 0 radical (unpaired) electrons. The molecule has 0 amide bonds. The molecule has 0 bridgehead atoms. The van der Waals surface area contributed by atoms with Gasteiger partial charge in [-0.1, -0.05) is 72.6 Å². The molecule has 0 aliphatic heterocycles. The van der Waals surface area contributed by atoms with Crippen molar-refractivity contribution < 1.29 is 0 Å². The highest BCUT2D eigenvalue weighted by Gasteiger charge is 2.11. The van der Waals surface area contributed by atoms with Crippen LogP contribution in [0.1, 0.15) is 92.0 Å². The lowest BCUT2D eigenvalue weighted by Gasteiger charge is -2.20. The van der Waals surface area contributed by atoms with Gasteiger partial charge in [-0.3, -0.25) is 4.99 Å². The van der Waals surface area contributed by atoms with Crippen molar-refractivity contribution in [3.8, 4) is 0 Å². The molecule has 2 N–H and O–H groups in total. The number of thiazole rings is 1. The molecule has 2 aromatic rings. The monoisotopic (exact) mass is 608 g/mol. The Morgan fingerprint density at radius 3 is 2.10 bits per heavy atom. The van der Waals surface area contributed by atoms with E-state index in [2.05, 4.69) is 91.6 Å². The minimum atomic E-state index is 0.244. The lowest BCUT2D eigenvalue weighted by Crippen LogP contribution is -2.31. The number of anilines is 2. The van der Waals surface area contributed by atoms with Crippen LogP contribution < -0.4 is 10.6 Å². The second kappa shape index (κ2) is 23.0. The molecule has 6 heteroatoms. The third-order valence-electron chi connectivity index (χ3n) is 6.61. The van der Waals surface area contributed by atoms with E-state index in [0.29, 0.717) is 0 Å². The van der Waals surface area contributed by atoms with Gasteiger partial charge in [0.05, 0.1) is 22.4 Å². The van der Waals surface area contributed by atoms with E-state index in [4.69, 9.17) is 0 Å². The van der Waals surface area contributed by atoms with Crippen LogP contribution >= 0.6 is 23.1 Å². The smallest absolute Gasteiger partial charge is 0.137 e. The van der Waals surface area contributed by atoms with E-state index in [-0.39, 0.29) is 6.04 Å². The molecule has 4 nitrogen and oxygen atoms in total. The summed E-state index contributed by atoms with van der Waals surface area (Å²) in [5, 5.41) is 10.3. The number of nitrogens with one attached hydrogen (secondary N) is 2. The molecule has 1 unspecified atom stereocenters. The van der Waals surface area contributed by atoms with Crippen molar-refractivity contribution >= 4 is 47.0 Å². The maximum Gasteiger partial charge on any atom is 0.137 e. The van der Waals surface area contributed by atoms with Crippen LogP contribution in [0.15, 0.2) is 81.2 Å². The van der Waals surface area contributed by atoms with Crippen LogP contribution in [-0.2, 0) is 0 Å². The van der Waals surface area contributed by atoms with Crippen LogP contribution in [0.3, 0.4) is 0 Å². The van der Waals surface area contributed by atoms with Crippen molar-refractivity contribution in [3.63, 3.8) is 0 Å². The molecule has 1 aromatic heterocycles. The number of aryl methyl sites for hydroxylation is 1. The SMILES string of the molecule is C=Nc1ccccc1NCC(CSC/C=C(\C)CC/C=C(\C)CC/C=C(\C)CCC=C(C)C)Nc1csc(C)n1.CC. The summed E-state index contributed by atoms with van der Waals surface area (Å²) in [4.78, 5) is 8.74. The molecule has 1 atom stereocenters. The Morgan fingerprint density at radius 1 is 0.929 bits per heavy atom. The van der Waals surface area contributed by atoms with Crippen molar-refractivity contribution in [2.24, 2.45) is 4.99 Å². The Bertz CT molecular complexity index is 1150. The molecule has 0 aliphatic rings. The summed E-state index contributed by atoms with van der Waals surface area (Å²) in [6.45, 7) is 21.7. The first kappa shape index (κ1) is 37.5. The normalized spacial score (nSPS) is 12.7. The number of nitrogens with zero attached hydrogens (tertiary/aromatic N) is 2. The van der Waals surface area contributed by atoms with E-state index in [1.54, 1.807) is 11.3 Å². The Hall–Kier alpha value is -2.57. The van der Waals surface area contributed by atoms with Gasteiger partial charge in [-0.05, 0) is 98.9 Å². The lowest BCUT2D eigenvalue weighted by atomic mass is 10.0. The molecule has 0 saturated heterocycles. The summed E-state index contributed by atoms with van der Waals surface area (Å²) < 4.78 is 0. The van der Waals surface area contributed by atoms with Gasteiger partial charge in [-0.25, -0.2) is 4.98 Å². The van der Waals surface area contributed by atoms with Gasteiger partial charge in [0.25, 0.3) is 0 Å². The average Bonchev–Trinajstić information content (AvgIpc) is 3.39. The zero-order valence-electron chi connectivity index (χ0n) is 27.6. The fourth-order valence-corrected chi connectivity index (χ4v) is 5.76. The largest absolute Gasteiger partial charge is 0.381 e. The average molecular weight is 609 g/mol. The van der Waals surface area contributed by atoms with Crippen molar-refractivity contribution in [2.45, 2.75) is 100.0 Å². The number of rotatable bonds is 19. The number of hydrogen-bond acceptors (Lipinski definition) is 6. The molecule has 0 spiro atoms. The van der Waals surface area contributed by atoms with Crippen LogP contribution in [0.5, 0.6) is 0 Å². The van der Waals surface area contributed by atoms with Gasteiger partial charge in [0.1, 0.15) is 5.82 Å². The highest BCUT2D eigenvalue weighted by atomic mass is 32.2. The number of thioether (sulfide) groups is 1. The molecular formula is C36H56N4S2. The van der Waals surface area contributed by atoms with Gasteiger partial charge < -0.3 is 10.6 Å². The molecule has 0 saturated carbocycles. The van der Waals surface area contributed by atoms with Crippen LogP contribution in [0, 0.1) is 6.92 Å². The summed E-state index contributed by atoms with van der Waals surface area (Å²) in [5.41, 5.74) is 7.78. The Labute approximate surface area is 266 Å². The third-order valence-corrected chi connectivity index (χ3v) is 8.42. The van der Waals surface area contributed by atoms with E-state index in [9.17, 15) is 0 Å². The van der Waals surface area contributed by atoms with Crippen LogP contribution in [0.25, 0.3) is 0 Å². The molecule has 0 fully saturated rings. The first-order chi connectivity index (χ1) is 20.3.